The van der Waals surface area contributed by atoms with E-state index in [-0.39, 0.29) is 31.1 Å². The molecule has 0 radical (unpaired) electrons. The molecule has 0 saturated heterocycles. The minimum atomic E-state index is -0.760. The molecule has 0 aromatic rings. The van der Waals surface area contributed by atoms with Crippen LogP contribution < -0.4 is 0 Å². The minimum absolute atomic E-state index is 0.0628. The van der Waals surface area contributed by atoms with Gasteiger partial charge in [0.1, 0.15) is 13.2 Å². The van der Waals surface area contributed by atoms with Crippen molar-refractivity contribution in [2.24, 2.45) is 5.92 Å². The first-order chi connectivity index (χ1) is 28.9. The largest absolute Gasteiger partial charge is 0.462 e. The molecule has 350 valence electrons. The fourth-order valence-corrected chi connectivity index (χ4v) is 8.04. The summed E-state index contributed by atoms with van der Waals surface area (Å²) >= 11 is 0. The summed E-state index contributed by atoms with van der Waals surface area (Å²) in [5.74, 6) is -0.0216. The van der Waals surface area contributed by atoms with E-state index in [0.717, 1.165) is 63.7 Å². The molecule has 0 rings (SSSR count). The van der Waals surface area contributed by atoms with Crippen molar-refractivity contribution in [1.29, 1.82) is 0 Å². The van der Waals surface area contributed by atoms with Crippen LogP contribution in [-0.4, -0.2) is 37.2 Å². The van der Waals surface area contributed by atoms with Gasteiger partial charge in [0.25, 0.3) is 0 Å². The first-order valence-corrected chi connectivity index (χ1v) is 26.4. The molecule has 0 amide bonds. The molecule has 0 spiro atoms. The highest BCUT2D eigenvalue weighted by Crippen LogP contribution is 2.17. The van der Waals surface area contributed by atoms with Gasteiger partial charge in [0.05, 0.1) is 0 Å². The number of hydrogen-bond acceptors (Lipinski definition) is 6. The lowest BCUT2D eigenvalue weighted by molar-refractivity contribution is -0.167. The standard InChI is InChI=1S/C53H102O6/c1-5-7-9-11-13-15-16-17-18-19-20-21-22-25-29-33-37-41-45-52(55)58-48-50(47-57-51(54)44-40-36-32-27-14-12-10-8-6-2)59-53(56)46-42-38-34-30-26-23-24-28-31-35-39-43-49(3)4/h49-50H,5-48H2,1-4H3/t50-/m0/s1. The van der Waals surface area contributed by atoms with Gasteiger partial charge in [-0.3, -0.25) is 14.4 Å². The molecule has 0 fully saturated rings. The second kappa shape index (κ2) is 47.5. The van der Waals surface area contributed by atoms with Crippen molar-refractivity contribution in [3.8, 4) is 0 Å². The van der Waals surface area contributed by atoms with Crippen LogP contribution in [0.3, 0.4) is 0 Å². The van der Waals surface area contributed by atoms with E-state index in [1.54, 1.807) is 0 Å². The zero-order valence-corrected chi connectivity index (χ0v) is 40.2. The third-order valence-corrected chi connectivity index (χ3v) is 12.0. The van der Waals surface area contributed by atoms with Crippen LogP contribution in [0.15, 0.2) is 0 Å². The fraction of sp³-hybridized carbons (Fsp3) is 0.943. The number of carbonyl (C=O) groups is 3. The molecule has 1 atom stereocenters. The van der Waals surface area contributed by atoms with Crippen LogP contribution in [-0.2, 0) is 28.6 Å². The van der Waals surface area contributed by atoms with Gasteiger partial charge in [0.2, 0.25) is 0 Å². The van der Waals surface area contributed by atoms with E-state index >= 15 is 0 Å². The van der Waals surface area contributed by atoms with Crippen molar-refractivity contribution in [2.45, 2.75) is 303 Å². The summed E-state index contributed by atoms with van der Waals surface area (Å²) in [4.78, 5) is 37.9. The van der Waals surface area contributed by atoms with Crippen molar-refractivity contribution in [3.63, 3.8) is 0 Å². The van der Waals surface area contributed by atoms with E-state index < -0.39 is 6.10 Å². The summed E-state index contributed by atoms with van der Waals surface area (Å²) in [6, 6.07) is 0. The van der Waals surface area contributed by atoms with E-state index in [2.05, 4.69) is 27.7 Å². The summed E-state index contributed by atoms with van der Waals surface area (Å²) in [7, 11) is 0. The van der Waals surface area contributed by atoms with E-state index in [1.807, 2.05) is 0 Å². The Labute approximate surface area is 368 Å². The van der Waals surface area contributed by atoms with Crippen LogP contribution in [0.25, 0.3) is 0 Å². The zero-order valence-electron chi connectivity index (χ0n) is 40.2. The van der Waals surface area contributed by atoms with Gasteiger partial charge in [-0.25, -0.2) is 0 Å². The number of rotatable bonds is 48. The molecule has 0 aliphatic heterocycles. The monoisotopic (exact) mass is 835 g/mol. The summed E-state index contributed by atoms with van der Waals surface area (Å²) in [6.45, 7) is 9.01. The highest BCUT2D eigenvalue weighted by atomic mass is 16.6. The molecule has 6 nitrogen and oxygen atoms in total. The molecule has 0 aliphatic rings. The number of ether oxygens (including phenoxy) is 3. The first kappa shape index (κ1) is 57.4. The van der Waals surface area contributed by atoms with Crippen LogP contribution in [0.4, 0.5) is 0 Å². The van der Waals surface area contributed by atoms with Crippen molar-refractivity contribution < 1.29 is 28.6 Å². The lowest BCUT2D eigenvalue weighted by Crippen LogP contribution is -2.30. The van der Waals surface area contributed by atoms with Crippen molar-refractivity contribution >= 4 is 17.9 Å². The predicted molar refractivity (Wildman–Crippen MR) is 252 cm³/mol. The molecule has 0 saturated carbocycles. The van der Waals surface area contributed by atoms with E-state index in [4.69, 9.17) is 14.2 Å². The Bertz CT molecular complexity index is 887. The van der Waals surface area contributed by atoms with E-state index in [0.29, 0.717) is 19.3 Å². The molecule has 0 aromatic heterocycles. The van der Waals surface area contributed by atoms with Gasteiger partial charge in [-0.15, -0.1) is 0 Å². The second-order valence-corrected chi connectivity index (χ2v) is 18.6. The molecular formula is C53H102O6. The van der Waals surface area contributed by atoms with Gasteiger partial charge in [-0.1, -0.05) is 259 Å². The SMILES string of the molecule is CCCCCCCCCCCCCCCCCCCCC(=O)OC[C@H](COC(=O)CCCCCCCCCCC)OC(=O)CCCCCCCCCCCCCC(C)C. The van der Waals surface area contributed by atoms with Crippen LogP contribution >= 0.6 is 0 Å². The number of carbonyl (C=O) groups excluding carboxylic acids is 3. The van der Waals surface area contributed by atoms with Crippen LogP contribution in [0, 0.1) is 5.92 Å². The van der Waals surface area contributed by atoms with Gasteiger partial charge < -0.3 is 14.2 Å². The topological polar surface area (TPSA) is 78.9 Å². The molecular weight excluding hydrogens is 733 g/mol. The highest BCUT2D eigenvalue weighted by molar-refractivity contribution is 5.71. The maximum Gasteiger partial charge on any atom is 0.306 e. The Hall–Kier alpha value is -1.59. The fourth-order valence-electron chi connectivity index (χ4n) is 8.04. The Morgan fingerprint density at radius 2 is 0.559 bits per heavy atom. The minimum Gasteiger partial charge on any atom is -0.462 e. The molecule has 6 heteroatoms. The normalized spacial score (nSPS) is 11.9. The average molecular weight is 835 g/mol. The Morgan fingerprint density at radius 1 is 0.322 bits per heavy atom. The second-order valence-electron chi connectivity index (χ2n) is 18.6. The lowest BCUT2D eigenvalue weighted by Gasteiger charge is -2.18. The molecule has 0 aliphatic carbocycles. The number of hydrogen-bond donors (Lipinski definition) is 0. The van der Waals surface area contributed by atoms with E-state index in [9.17, 15) is 14.4 Å². The van der Waals surface area contributed by atoms with Crippen molar-refractivity contribution in [2.75, 3.05) is 13.2 Å². The predicted octanol–water partition coefficient (Wildman–Crippen LogP) is 17.1. The van der Waals surface area contributed by atoms with Gasteiger partial charge in [0, 0.05) is 19.3 Å². The highest BCUT2D eigenvalue weighted by Gasteiger charge is 2.19. The summed E-state index contributed by atoms with van der Waals surface area (Å²) < 4.78 is 16.8. The maximum absolute atomic E-state index is 12.8. The molecule has 59 heavy (non-hydrogen) atoms. The van der Waals surface area contributed by atoms with Crippen molar-refractivity contribution in [3.05, 3.63) is 0 Å². The van der Waals surface area contributed by atoms with Crippen LogP contribution in [0.1, 0.15) is 297 Å². The Morgan fingerprint density at radius 3 is 0.831 bits per heavy atom. The smallest absolute Gasteiger partial charge is 0.306 e. The van der Waals surface area contributed by atoms with Crippen LogP contribution in [0.2, 0.25) is 0 Å². The number of unbranched alkanes of at least 4 members (excludes halogenated alkanes) is 35. The molecule has 0 bridgehead atoms. The van der Waals surface area contributed by atoms with Gasteiger partial charge in [-0.05, 0) is 25.2 Å². The van der Waals surface area contributed by atoms with Gasteiger partial charge in [0.15, 0.2) is 6.10 Å². The Kier molecular flexibility index (Phi) is 46.2. The zero-order chi connectivity index (χ0) is 43.1. The third-order valence-electron chi connectivity index (χ3n) is 12.0. The van der Waals surface area contributed by atoms with Gasteiger partial charge >= 0.3 is 17.9 Å². The molecule has 0 N–H and O–H groups in total. The third kappa shape index (κ3) is 47.3. The maximum atomic E-state index is 12.8. The molecule has 0 heterocycles. The summed E-state index contributed by atoms with van der Waals surface area (Å²) in [5.41, 5.74) is 0. The van der Waals surface area contributed by atoms with Crippen LogP contribution in [0.5, 0.6) is 0 Å². The summed E-state index contributed by atoms with van der Waals surface area (Å²) in [6.07, 6.45) is 49.5. The molecule has 0 aromatic carbocycles. The molecule has 0 unspecified atom stereocenters. The Balaban J connectivity index is 4.23. The number of esters is 3. The van der Waals surface area contributed by atoms with Crippen molar-refractivity contribution in [1.82, 2.24) is 0 Å². The quantitative estimate of drug-likeness (QED) is 0.0345. The lowest BCUT2D eigenvalue weighted by atomic mass is 10.0. The summed E-state index contributed by atoms with van der Waals surface area (Å²) in [5, 5.41) is 0. The average Bonchev–Trinajstić information content (AvgIpc) is 3.22. The van der Waals surface area contributed by atoms with Gasteiger partial charge in [-0.2, -0.15) is 0 Å². The first-order valence-electron chi connectivity index (χ1n) is 26.4. The van der Waals surface area contributed by atoms with E-state index in [1.165, 1.54) is 193 Å².